The molecule has 0 aliphatic carbocycles. The Hall–Kier alpha value is -2.23. The summed E-state index contributed by atoms with van der Waals surface area (Å²) in [5.41, 5.74) is 1.03. The van der Waals surface area contributed by atoms with Gasteiger partial charge in [0.15, 0.2) is 17.5 Å². The number of hydrogen-bond donors (Lipinski definition) is 2. The Labute approximate surface area is 196 Å². The van der Waals surface area contributed by atoms with Crippen molar-refractivity contribution in [3.8, 4) is 23.1 Å². The maximum absolute atomic E-state index is 5.89. The molecule has 0 saturated heterocycles. The average molecular weight is 528 g/mol. The van der Waals surface area contributed by atoms with Crippen LogP contribution in [0.5, 0.6) is 23.1 Å². The number of methoxy groups -OCH3 is 2. The molecule has 0 aliphatic rings. The van der Waals surface area contributed by atoms with Crippen LogP contribution < -0.4 is 24.8 Å². The van der Waals surface area contributed by atoms with Crippen LogP contribution in [0.1, 0.15) is 38.2 Å². The standard InChI is InChI=1S/C22H32N4O3.HI/c1-5-6-7-8-14-24-22(23-2)26-16-17-12-13-20(25-15-17)29-21-18(27-3)10-9-11-19(21)28-4;/h9-13,15H,5-8,14,16H2,1-4H3,(H2,23,24,26);1H. The molecule has 0 aliphatic heterocycles. The number of para-hydroxylation sites is 1. The van der Waals surface area contributed by atoms with Gasteiger partial charge in [-0.2, -0.15) is 0 Å². The summed E-state index contributed by atoms with van der Waals surface area (Å²) in [6, 6.07) is 9.26. The van der Waals surface area contributed by atoms with Crippen LogP contribution in [-0.2, 0) is 6.54 Å². The molecule has 0 saturated carbocycles. The molecule has 0 fully saturated rings. The number of aromatic nitrogens is 1. The first-order chi connectivity index (χ1) is 14.2. The largest absolute Gasteiger partial charge is 0.493 e. The minimum atomic E-state index is 0. The number of ether oxygens (including phenoxy) is 3. The van der Waals surface area contributed by atoms with E-state index in [1.807, 2.05) is 30.3 Å². The van der Waals surface area contributed by atoms with E-state index in [4.69, 9.17) is 14.2 Å². The molecule has 0 spiro atoms. The van der Waals surface area contributed by atoms with E-state index in [0.29, 0.717) is 29.7 Å². The Balaban J connectivity index is 0.00000450. The SMILES string of the molecule is CCCCCCNC(=NC)NCc1ccc(Oc2c(OC)cccc2OC)nc1.I. The van der Waals surface area contributed by atoms with Gasteiger partial charge in [0, 0.05) is 32.4 Å². The predicted octanol–water partition coefficient (Wildman–Crippen LogP) is 4.75. The zero-order valence-corrected chi connectivity index (χ0v) is 20.6. The molecule has 0 amide bonds. The molecule has 7 nitrogen and oxygen atoms in total. The zero-order chi connectivity index (χ0) is 20.9. The molecule has 30 heavy (non-hydrogen) atoms. The summed E-state index contributed by atoms with van der Waals surface area (Å²) in [7, 11) is 4.96. The van der Waals surface area contributed by atoms with Gasteiger partial charge in [0.1, 0.15) is 0 Å². The smallest absolute Gasteiger partial charge is 0.219 e. The molecule has 1 aromatic carbocycles. The molecule has 8 heteroatoms. The lowest BCUT2D eigenvalue weighted by Crippen LogP contribution is -2.37. The zero-order valence-electron chi connectivity index (χ0n) is 18.2. The van der Waals surface area contributed by atoms with E-state index in [2.05, 4.69) is 27.5 Å². The molecule has 2 N–H and O–H groups in total. The number of benzene rings is 1. The summed E-state index contributed by atoms with van der Waals surface area (Å²) < 4.78 is 16.6. The van der Waals surface area contributed by atoms with Crippen molar-refractivity contribution in [3.05, 3.63) is 42.1 Å². The Morgan fingerprint density at radius 2 is 1.73 bits per heavy atom. The lowest BCUT2D eigenvalue weighted by molar-refractivity contribution is 0.342. The first kappa shape index (κ1) is 25.8. The van der Waals surface area contributed by atoms with E-state index in [0.717, 1.165) is 24.5 Å². The maximum atomic E-state index is 5.89. The van der Waals surface area contributed by atoms with Crippen molar-refractivity contribution < 1.29 is 14.2 Å². The molecule has 1 aromatic heterocycles. The fraction of sp³-hybridized carbons (Fsp3) is 0.455. The number of guanidine groups is 1. The number of halogens is 1. The van der Waals surface area contributed by atoms with Crippen LogP contribution in [0.4, 0.5) is 0 Å². The van der Waals surface area contributed by atoms with Crippen LogP contribution in [0.2, 0.25) is 0 Å². The number of hydrogen-bond acceptors (Lipinski definition) is 5. The van der Waals surface area contributed by atoms with E-state index in [9.17, 15) is 0 Å². The van der Waals surface area contributed by atoms with Crippen LogP contribution in [0.15, 0.2) is 41.5 Å². The number of nitrogens with one attached hydrogen (secondary N) is 2. The summed E-state index contributed by atoms with van der Waals surface area (Å²) in [6.07, 6.45) is 6.67. The fourth-order valence-corrected chi connectivity index (χ4v) is 2.76. The first-order valence-corrected chi connectivity index (χ1v) is 10.00. The van der Waals surface area contributed by atoms with Crippen molar-refractivity contribution >= 4 is 29.9 Å². The fourth-order valence-electron chi connectivity index (χ4n) is 2.76. The van der Waals surface area contributed by atoms with Gasteiger partial charge in [0.25, 0.3) is 0 Å². The van der Waals surface area contributed by atoms with Crippen LogP contribution in [0.25, 0.3) is 0 Å². The van der Waals surface area contributed by atoms with Gasteiger partial charge in [-0.15, -0.1) is 24.0 Å². The van der Waals surface area contributed by atoms with E-state index in [1.165, 1.54) is 19.3 Å². The predicted molar refractivity (Wildman–Crippen MR) is 132 cm³/mol. The third-order valence-corrected chi connectivity index (χ3v) is 4.39. The maximum Gasteiger partial charge on any atom is 0.219 e. The molecule has 0 atom stereocenters. The number of nitrogens with zero attached hydrogens (tertiary/aromatic N) is 2. The van der Waals surface area contributed by atoms with Crippen molar-refractivity contribution in [3.63, 3.8) is 0 Å². The molecule has 1 heterocycles. The molecular weight excluding hydrogens is 495 g/mol. The Bertz CT molecular complexity index is 747. The molecule has 2 rings (SSSR count). The second-order valence-electron chi connectivity index (χ2n) is 6.51. The summed E-state index contributed by atoms with van der Waals surface area (Å²) in [4.78, 5) is 8.64. The minimum absolute atomic E-state index is 0. The quantitative estimate of drug-likeness (QED) is 0.190. The highest BCUT2D eigenvalue weighted by atomic mass is 127. The summed E-state index contributed by atoms with van der Waals surface area (Å²) >= 11 is 0. The Morgan fingerprint density at radius 1 is 1.00 bits per heavy atom. The van der Waals surface area contributed by atoms with Gasteiger partial charge in [-0.1, -0.05) is 38.3 Å². The normalized spacial score (nSPS) is 10.7. The van der Waals surface area contributed by atoms with Crippen LogP contribution in [0, 0.1) is 0 Å². The topological polar surface area (TPSA) is 77.0 Å². The number of rotatable bonds is 11. The lowest BCUT2D eigenvalue weighted by Gasteiger charge is -2.14. The highest BCUT2D eigenvalue weighted by Crippen LogP contribution is 2.39. The number of unbranched alkanes of at least 4 members (excludes halogenated alkanes) is 3. The summed E-state index contributed by atoms with van der Waals surface area (Å²) in [5, 5.41) is 6.63. The van der Waals surface area contributed by atoms with Gasteiger partial charge in [0.05, 0.1) is 14.2 Å². The van der Waals surface area contributed by atoms with Gasteiger partial charge in [-0.3, -0.25) is 4.99 Å². The third-order valence-electron chi connectivity index (χ3n) is 4.39. The van der Waals surface area contributed by atoms with Crippen LogP contribution in [0.3, 0.4) is 0 Å². The first-order valence-electron chi connectivity index (χ1n) is 10.00. The second-order valence-corrected chi connectivity index (χ2v) is 6.51. The molecule has 0 radical (unpaired) electrons. The van der Waals surface area contributed by atoms with Crippen LogP contribution >= 0.6 is 24.0 Å². The van der Waals surface area contributed by atoms with Gasteiger partial charge >= 0.3 is 0 Å². The molecule has 0 unspecified atom stereocenters. The van der Waals surface area contributed by atoms with Crippen molar-refractivity contribution in [2.24, 2.45) is 4.99 Å². The monoisotopic (exact) mass is 528 g/mol. The Kier molecular flexibility index (Phi) is 12.6. The van der Waals surface area contributed by atoms with Gasteiger partial charge in [-0.25, -0.2) is 4.98 Å². The number of aliphatic imine (C=N–C) groups is 1. The molecule has 166 valence electrons. The van der Waals surface area contributed by atoms with Gasteiger partial charge in [-0.05, 0) is 24.1 Å². The van der Waals surface area contributed by atoms with Crippen molar-refractivity contribution in [1.82, 2.24) is 15.6 Å². The molecular formula is C22H33IN4O3. The third kappa shape index (κ3) is 8.25. The van der Waals surface area contributed by atoms with E-state index in [-0.39, 0.29) is 24.0 Å². The number of pyridine rings is 1. The summed E-state index contributed by atoms with van der Waals surface area (Å²) in [5.74, 6) is 2.94. The van der Waals surface area contributed by atoms with Gasteiger partial charge in [0.2, 0.25) is 11.6 Å². The highest BCUT2D eigenvalue weighted by Gasteiger charge is 2.13. The van der Waals surface area contributed by atoms with E-state index in [1.54, 1.807) is 27.5 Å². The summed E-state index contributed by atoms with van der Waals surface area (Å²) in [6.45, 7) is 3.76. The molecule has 0 bridgehead atoms. The highest BCUT2D eigenvalue weighted by molar-refractivity contribution is 14.0. The minimum Gasteiger partial charge on any atom is -0.493 e. The Morgan fingerprint density at radius 3 is 2.30 bits per heavy atom. The lowest BCUT2D eigenvalue weighted by atomic mass is 10.2. The second kappa shape index (κ2) is 14.7. The van der Waals surface area contributed by atoms with Crippen LogP contribution in [-0.4, -0.2) is 38.8 Å². The van der Waals surface area contributed by atoms with Crippen molar-refractivity contribution in [2.45, 2.75) is 39.2 Å². The van der Waals surface area contributed by atoms with E-state index >= 15 is 0 Å². The van der Waals surface area contributed by atoms with E-state index < -0.39 is 0 Å². The average Bonchev–Trinajstić information content (AvgIpc) is 2.76. The molecule has 2 aromatic rings. The van der Waals surface area contributed by atoms with Crippen molar-refractivity contribution in [2.75, 3.05) is 27.8 Å². The van der Waals surface area contributed by atoms with Gasteiger partial charge < -0.3 is 24.8 Å². The van der Waals surface area contributed by atoms with Crippen molar-refractivity contribution in [1.29, 1.82) is 0 Å².